The molecule has 4 nitrogen and oxygen atoms in total. The largest absolute Gasteiger partial charge is 0.457 e. The van der Waals surface area contributed by atoms with Gasteiger partial charge < -0.3 is 10.5 Å². The van der Waals surface area contributed by atoms with Crippen LogP contribution in [0.4, 0.5) is 5.69 Å². The van der Waals surface area contributed by atoms with Crippen LogP contribution in [-0.2, 0) is 11.3 Å². The van der Waals surface area contributed by atoms with Crippen LogP contribution in [0.15, 0.2) is 48.5 Å². The Balaban J connectivity index is 1.78. The van der Waals surface area contributed by atoms with E-state index in [1.54, 1.807) is 12.1 Å². The first kappa shape index (κ1) is 15.6. The zero-order valence-corrected chi connectivity index (χ0v) is 13.4. The summed E-state index contributed by atoms with van der Waals surface area (Å²) < 4.78 is 5.28. The smallest absolute Gasteiger partial charge is 0.338 e. The van der Waals surface area contributed by atoms with Gasteiger partial charge in [0.15, 0.2) is 0 Å². The quantitative estimate of drug-likeness (QED) is 0.431. The van der Waals surface area contributed by atoms with E-state index in [2.05, 4.69) is 4.98 Å². The Bertz CT molecular complexity index is 897. The van der Waals surface area contributed by atoms with Crippen molar-refractivity contribution >= 4 is 45.8 Å². The highest BCUT2D eigenvalue weighted by Crippen LogP contribution is 2.23. The summed E-state index contributed by atoms with van der Waals surface area (Å²) in [4.78, 5) is 16.4. The summed E-state index contributed by atoms with van der Waals surface area (Å²) in [7, 11) is 0. The lowest BCUT2D eigenvalue weighted by Gasteiger charge is -2.08. The third-order valence-corrected chi connectivity index (χ3v) is 4.01. The fraction of sp³-hybridized carbons (Fsp3) is 0.0588. The molecule has 3 rings (SSSR count). The minimum absolute atomic E-state index is 0.0258. The van der Waals surface area contributed by atoms with Crippen molar-refractivity contribution in [3.05, 3.63) is 69.8 Å². The minimum atomic E-state index is -0.502. The summed E-state index contributed by atoms with van der Waals surface area (Å²) in [5.74, 6) is -0.502. The van der Waals surface area contributed by atoms with E-state index in [0.717, 1.165) is 10.9 Å². The Morgan fingerprint density at radius 3 is 2.70 bits per heavy atom. The molecule has 0 spiro atoms. The number of fused-ring (bicyclic) bond motifs is 1. The number of carbonyl (C=O) groups is 1. The lowest BCUT2D eigenvalue weighted by atomic mass is 10.1. The molecule has 0 aliphatic rings. The van der Waals surface area contributed by atoms with Gasteiger partial charge in [0, 0.05) is 10.9 Å². The maximum atomic E-state index is 12.1. The SMILES string of the molecule is Nc1cc(C(=O)OCc2cc3ccccc3nc2Cl)ccc1Cl. The van der Waals surface area contributed by atoms with Gasteiger partial charge in [-0.25, -0.2) is 9.78 Å². The van der Waals surface area contributed by atoms with Crippen molar-refractivity contribution in [1.29, 1.82) is 0 Å². The molecule has 0 unspecified atom stereocenters. The number of hydrogen-bond donors (Lipinski definition) is 1. The standard InChI is InChI=1S/C17H12Cl2N2O2/c18-13-6-5-11(8-14(13)20)17(22)23-9-12-7-10-3-1-2-4-15(10)21-16(12)19/h1-8H,9,20H2. The first-order valence-electron chi connectivity index (χ1n) is 6.81. The van der Waals surface area contributed by atoms with Gasteiger partial charge in [0.1, 0.15) is 11.8 Å². The molecule has 0 bridgehead atoms. The zero-order chi connectivity index (χ0) is 16.4. The number of nitrogen functional groups attached to an aromatic ring is 1. The van der Waals surface area contributed by atoms with Gasteiger partial charge in [-0.15, -0.1) is 0 Å². The van der Waals surface area contributed by atoms with E-state index >= 15 is 0 Å². The zero-order valence-electron chi connectivity index (χ0n) is 11.9. The molecule has 2 aromatic carbocycles. The molecule has 0 radical (unpaired) electrons. The molecule has 0 aliphatic carbocycles. The third-order valence-electron chi connectivity index (χ3n) is 3.34. The monoisotopic (exact) mass is 346 g/mol. The minimum Gasteiger partial charge on any atom is -0.457 e. The van der Waals surface area contributed by atoms with E-state index in [9.17, 15) is 4.79 Å². The van der Waals surface area contributed by atoms with Crippen molar-refractivity contribution in [2.24, 2.45) is 0 Å². The first-order valence-corrected chi connectivity index (χ1v) is 7.56. The Labute approximate surface area is 142 Å². The van der Waals surface area contributed by atoms with Gasteiger partial charge in [-0.05, 0) is 30.3 Å². The number of carbonyl (C=O) groups excluding carboxylic acids is 1. The number of rotatable bonds is 3. The van der Waals surface area contributed by atoms with E-state index in [0.29, 0.717) is 27.0 Å². The van der Waals surface area contributed by atoms with Crippen LogP contribution in [-0.4, -0.2) is 11.0 Å². The number of ether oxygens (including phenoxy) is 1. The maximum absolute atomic E-state index is 12.1. The summed E-state index contributed by atoms with van der Waals surface area (Å²) in [6.45, 7) is 0.0258. The van der Waals surface area contributed by atoms with Gasteiger partial charge >= 0.3 is 5.97 Å². The number of pyridine rings is 1. The van der Waals surface area contributed by atoms with Crippen molar-refractivity contribution in [3.63, 3.8) is 0 Å². The van der Waals surface area contributed by atoms with E-state index in [-0.39, 0.29) is 6.61 Å². The average molecular weight is 347 g/mol. The number of hydrogen-bond acceptors (Lipinski definition) is 4. The van der Waals surface area contributed by atoms with Crippen LogP contribution < -0.4 is 5.73 Å². The Morgan fingerprint density at radius 2 is 1.91 bits per heavy atom. The van der Waals surface area contributed by atoms with E-state index < -0.39 is 5.97 Å². The second-order valence-electron chi connectivity index (χ2n) is 4.94. The summed E-state index contributed by atoms with van der Waals surface area (Å²) >= 11 is 12.0. The highest BCUT2D eigenvalue weighted by Gasteiger charge is 2.11. The molecular formula is C17H12Cl2N2O2. The number of nitrogens with zero attached hydrogens (tertiary/aromatic N) is 1. The first-order chi connectivity index (χ1) is 11.0. The van der Waals surface area contributed by atoms with Gasteiger partial charge in [-0.3, -0.25) is 0 Å². The summed E-state index contributed by atoms with van der Waals surface area (Å²) in [6, 6.07) is 14.0. The van der Waals surface area contributed by atoms with Gasteiger partial charge in [-0.1, -0.05) is 41.4 Å². The fourth-order valence-electron chi connectivity index (χ4n) is 2.13. The molecular weight excluding hydrogens is 335 g/mol. The second kappa shape index (κ2) is 6.44. The van der Waals surface area contributed by atoms with Crippen LogP contribution in [0.3, 0.4) is 0 Å². The maximum Gasteiger partial charge on any atom is 0.338 e. The number of benzene rings is 2. The van der Waals surface area contributed by atoms with Gasteiger partial charge in [0.05, 0.1) is 21.8 Å². The summed E-state index contributed by atoms with van der Waals surface area (Å²) in [5.41, 5.74) is 7.77. The number of aromatic nitrogens is 1. The lowest BCUT2D eigenvalue weighted by Crippen LogP contribution is -2.06. The molecule has 0 aliphatic heterocycles. The fourth-order valence-corrected chi connectivity index (χ4v) is 2.45. The third kappa shape index (κ3) is 3.38. The molecule has 1 heterocycles. The molecule has 6 heteroatoms. The molecule has 0 saturated heterocycles. The number of halogens is 2. The highest BCUT2D eigenvalue weighted by molar-refractivity contribution is 6.33. The van der Waals surface area contributed by atoms with Crippen LogP contribution in [0, 0.1) is 0 Å². The molecule has 3 aromatic rings. The van der Waals surface area contributed by atoms with Crippen LogP contribution >= 0.6 is 23.2 Å². The molecule has 0 fully saturated rings. The van der Waals surface area contributed by atoms with Gasteiger partial charge in [-0.2, -0.15) is 0 Å². The van der Waals surface area contributed by atoms with Crippen molar-refractivity contribution < 1.29 is 9.53 Å². The second-order valence-corrected chi connectivity index (χ2v) is 5.71. The van der Waals surface area contributed by atoms with Crippen LogP contribution in [0.5, 0.6) is 0 Å². The topological polar surface area (TPSA) is 65.2 Å². The number of anilines is 1. The Morgan fingerprint density at radius 1 is 1.13 bits per heavy atom. The molecule has 0 atom stereocenters. The van der Waals surface area contributed by atoms with Gasteiger partial charge in [0.2, 0.25) is 0 Å². The van der Waals surface area contributed by atoms with E-state index in [1.807, 2.05) is 30.3 Å². The Hall–Kier alpha value is -2.30. The highest BCUT2D eigenvalue weighted by atomic mass is 35.5. The number of nitrogens with two attached hydrogens (primary N) is 1. The molecule has 23 heavy (non-hydrogen) atoms. The summed E-state index contributed by atoms with van der Waals surface area (Å²) in [5, 5.41) is 1.63. The predicted octanol–water partition coefficient (Wildman–Crippen LogP) is 4.48. The van der Waals surface area contributed by atoms with Crippen molar-refractivity contribution in [3.8, 4) is 0 Å². The lowest BCUT2D eigenvalue weighted by molar-refractivity contribution is 0.0473. The predicted molar refractivity (Wildman–Crippen MR) is 91.7 cm³/mol. The van der Waals surface area contributed by atoms with Gasteiger partial charge in [0.25, 0.3) is 0 Å². The molecule has 2 N–H and O–H groups in total. The summed E-state index contributed by atoms with van der Waals surface area (Å²) in [6.07, 6.45) is 0. The number of esters is 1. The van der Waals surface area contributed by atoms with Crippen molar-refractivity contribution in [1.82, 2.24) is 4.98 Å². The molecule has 0 saturated carbocycles. The van der Waals surface area contributed by atoms with E-state index in [4.69, 9.17) is 33.7 Å². The van der Waals surface area contributed by atoms with Crippen LogP contribution in [0.2, 0.25) is 10.2 Å². The van der Waals surface area contributed by atoms with Crippen molar-refractivity contribution in [2.45, 2.75) is 6.61 Å². The molecule has 0 amide bonds. The normalized spacial score (nSPS) is 10.7. The molecule has 116 valence electrons. The van der Waals surface area contributed by atoms with Crippen LogP contribution in [0.25, 0.3) is 10.9 Å². The van der Waals surface area contributed by atoms with Crippen molar-refractivity contribution in [2.75, 3.05) is 5.73 Å². The van der Waals surface area contributed by atoms with Crippen LogP contribution in [0.1, 0.15) is 15.9 Å². The average Bonchev–Trinajstić information content (AvgIpc) is 2.55. The number of para-hydroxylation sites is 1. The Kier molecular flexibility index (Phi) is 4.37. The molecule has 1 aromatic heterocycles. The van der Waals surface area contributed by atoms with E-state index in [1.165, 1.54) is 6.07 Å².